The molecule has 0 radical (unpaired) electrons. The molecule has 0 spiro atoms. The molecule has 0 aromatic heterocycles. The van der Waals surface area contributed by atoms with Gasteiger partial charge in [-0.1, -0.05) is 0 Å². The van der Waals surface area contributed by atoms with E-state index in [4.69, 9.17) is 3.07 Å². The monoisotopic (exact) mass is 294 g/mol. The predicted octanol–water partition coefficient (Wildman–Crippen LogP) is -1.34. The van der Waals surface area contributed by atoms with Gasteiger partial charge in [-0.15, -0.1) is 0 Å². The first kappa shape index (κ1) is 8.84. The molecule has 1 fully saturated rings. The first-order chi connectivity index (χ1) is 5.97. The van der Waals surface area contributed by atoms with Gasteiger partial charge in [0.1, 0.15) is 0 Å². The van der Waals surface area contributed by atoms with E-state index in [0.717, 1.165) is 6.61 Å². The molecule has 66 valence electrons. The van der Waals surface area contributed by atoms with Crippen LogP contribution >= 0.6 is 0 Å². The fraction of sp³-hybridized carbons (Fsp3) is 0.333. The zero-order valence-electron chi connectivity index (χ0n) is 6.70. The molecule has 0 N–H and O–H groups in total. The first-order valence-corrected chi connectivity index (χ1v) is 7.87. The minimum atomic E-state index is 0.0611. The number of hydrogen-bond acceptors (Lipinski definition) is 1. The van der Waals surface area contributed by atoms with E-state index in [1.54, 1.807) is 0 Å². The average Bonchev–Trinajstić information content (AvgIpc) is 2.21. The van der Waals surface area contributed by atoms with E-state index in [2.05, 4.69) is 30.3 Å². The molecule has 1 aromatic carbocycles. The number of alkyl halides is 1. The molecular formula is C9H11IOS. The summed E-state index contributed by atoms with van der Waals surface area (Å²) in [5, 5.41) is 0. The quantitative estimate of drug-likeness (QED) is 0.354. The van der Waals surface area contributed by atoms with Crippen molar-refractivity contribution in [2.45, 2.75) is 4.90 Å². The third-order valence-electron chi connectivity index (χ3n) is 1.74. The third-order valence-corrected chi connectivity index (χ3v) is 7.59. The van der Waals surface area contributed by atoms with Crippen LogP contribution in [-0.4, -0.2) is 16.1 Å². The van der Waals surface area contributed by atoms with Gasteiger partial charge < -0.3 is 0 Å². The van der Waals surface area contributed by atoms with Crippen LogP contribution in [-0.2, 0) is 14.0 Å². The summed E-state index contributed by atoms with van der Waals surface area (Å²) in [6.07, 6.45) is 0. The molecule has 2 rings (SSSR count). The Kier molecular flexibility index (Phi) is 3.30. The van der Waals surface area contributed by atoms with E-state index < -0.39 is 0 Å². The summed E-state index contributed by atoms with van der Waals surface area (Å²) in [7, 11) is 0.516. The van der Waals surface area contributed by atoms with Crippen LogP contribution in [0.2, 0.25) is 0 Å². The summed E-state index contributed by atoms with van der Waals surface area (Å²) >= 11 is 0.0611. The molecule has 3 heteroatoms. The number of rotatable bonds is 1. The molecule has 0 saturated carbocycles. The summed E-state index contributed by atoms with van der Waals surface area (Å²) in [5.74, 6) is 1.24. The first-order valence-electron chi connectivity index (χ1n) is 3.90. The van der Waals surface area contributed by atoms with Gasteiger partial charge in [0.2, 0.25) is 0 Å². The fourth-order valence-electron chi connectivity index (χ4n) is 1.12. The van der Waals surface area contributed by atoms with Crippen molar-refractivity contribution in [2.75, 3.05) is 16.1 Å². The summed E-state index contributed by atoms with van der Waals surface area (Å²) in [6.45, 7) is 0.991. The number of benzene rings is 1. The molecule has 1 atom stereocenters. The molecular weight excluding hydrogens is 283 g/mol. The molecule has 1 aliphatic rings. The molecule has 1 unspecified atom stereocenters. The van der Waals surface area contributed by atoms with Gasteiger partial charge >= 0.3 is 86.9 Å². The molecule has 12 heavy (non-hydrogen) atoms. The van der Waals surface area contributed by atoms with Crippen molar-refractivity contribution in [2.24, 2.45) is 0 Å². The summed E-state index contributed by atoms with van der Waals surface area (Å²) in [6, 6.07) is 10.9. The maximum absolute atomic E-state index is 5.44. The van der Waals surface area contributed by atoms with Crippen LogP contribution in [0.25, 0.3) is 0 Å². The normalized spacial score (nSPS) is 24.5. The standard InChI is InChI=1S/C9H11IOS/c1-2-4-9(5-3-1)12-7-6-11-10-8-12/h1-5H,6-8H2. The molecule has 1 nitrogen and oxygen atoms in total. The molecule has 1 heterocycles. The Morgan fingerprint density at radius 1 is 1.25 bits per heavy atom. The van der Waals surface area contributed by atoms with Crippen molar-refractivity contribution in [3.63, 3.8) is 0 Å². The van der Waals surface area contributed by atoms with Gasteiger partial charge in [-0.25, -0.2) is 0 Å². The Bertz CT molecular complexity index is 234. The number of halogens is 1. The van der Waals surface area contributed by atoms with Crippen LogP contribution in [0.1, 0.15) is 0 Å². The van der Waals surface area contributed by atoms with Crippen molar-refractivity contribution in [3.8, 4) is 0 Å². The van der Waals surface area contributed by atoms with E-state index in [1.807, 2.05) is 0 Å². The predicted molar refractivity (Wildman–Crippen MR) is 47.8 cm³/mol. The van der Waals surface area contributed by atoms with Crippen LogP contribution in [0.3, 0.4) is 0 Å². The van der Waals surface area contributed by atoms with Gasteiger partial charge in [-0.3, -0.25) is 0 Å². The van der Waals surface area contributed by atoms with Crippen molar-refractivity contribution in [1.29, 1.82) is 0 Å². The molecule has 1 aromatic rings. The third kappa shape index (κ3) is 2.14. The SMILES string of the molecule is c1ccc([S+]2CCO[I-]C2)cc1. The van der Waals surface area contributed by atoms with Gasteiger partial charge in [0, 0.05) is 0 Å². The van der Waals surface area contributed by atoms with E-state index in [0.29, 0.717) is 10.9 Å². The van der Waals surface area contributed by atoms with E-state index >= 15 is 0 Å². The van der Waals surface area contributed by atoms with Gasteiger partial charge in [0.25, 0.3) is 0 Å². The summed E-state index contributed by atoms with van der Waals surface area (Å²) in [4.78, 5) is 1.53. The van der Waals surface area contributed by atoms with Crippen LogP contribution in [0.5, 0.6) is 0 Å². The van der Waals surface area contributed by atoms with Gasteiger partial charge in [-0.05, 0) is 0 Å². The van der Waals surface area contributed by atoms with E-state index in [9.17, 15) is 0 Å². The van der Waals surface area contributed by atoms with Crippen LogP contribution in [0, 0.1) is 0 Å². The number of hydrogen-bond donors (Lipinski definition) is 0. The minimum absolute atomic E-state index is 0.0611. The Morgan fingerprint density at radius 3 is 2.75 bits per heavy atom. The second kappa shape index (κ2) is 4.48. The topological polar surface area (TPSA) is 9.23 Å². The second-order valence-electron chi connectivity index (χ2n) is 2.54. The van der Waals surface area contributed by atoms with Crippen molar-refractivity contribution >= 4 is 10.9 Å². The molecule has 1 aliphatic heterocycles. The van der Waals surface area contributed by atoms with Gasteiger partial charge in [-0.2, -0.15) is 0 Å². The molecule has 0 aliphatic carbocycles. The van der Waals surface area contributed by atoms with E-state index in [-0.39, 0.29) is 21.6 Å². The maximum atomic E-state index is 5.44. The van der Waals surface area contributed by atoms with Gasteiger partial charge in [0.05, 0.1) is 0 Å². The summed E-state index contributed by atoms with van der Waals surface area (Å²) in [5.41, 5.74) is 0. The van der Waals surface area contributed by atoms with Crippen molar-refractivity contribution in [1.82, 2.24) is 0 Å². The fourth-order valence-corrected chi connectivity index (χ4v) is 6.89. The Balaban J connectivity index is 2.08. The molecule has 0 bridgehead atoms. The van der Waals surface area contributed by atoms with Crippen molar-refractivity contribution in [3.05, 3.63) is 30.3 Å². The van der Waals surface area contributed by atoms with Crippen LogP contribution < -0.4 is 21.6 Å². The zero-order valence-corrected chi connectivity index (χ0v) is 9.68. The van der Waals surface area contributed by atoms with Crippen molar-refractivity contribution < 1.29 is 24.7 Å². The van der Waals surface area contributed by atoms with Crippen LogP contribution in [0.4, 0.5) is 0 Å². The van der Waals surface area contributed by atoms with E-state index in [1.165, 1.54) is 14.4 Å². The zero-order chi connectivity index (χ0) is 8.23. The van der Waals surface area contributed by atoms with Crippen LogP contribution in [0.15, 0.2) is 35.2 Å². The van der Waals surface area contributed by atoms with Gasteiger partial charge in [0.15, 0.2) is 0 Å². The Labute approximate surface area is 86.7 Å². The molecule has 1 saturated heterocycles. The second-order valence-corrected chi connectivity index (χ2v) is 7.74. The average molecular weight is 294 g/mol. The summed E-state index contributed by atoms with van der Waals surface area (Å²) < 4.78 is 6.76. The Morgan fingerprint density at radius 2 is 2.08 bits per heavy atom. The Hall–Kier alpha value is 0.260. The molecule has 0 amide bonds.